The third-order valence-electron chi connectivity index (χ3n) is 3.63. The van der Waals surface area contributed by atoms with Crippen molar-refractivity contribution in [1.82, 2.24) is 19.3 Å². The molecule has 5 heteroatoms. The second-order valence-corrected chi connectivity index (χ2v) is 5.54. The first-order chi connectivity index (χ1) is 9.11. The summed E-state index contributed by atoms with van der Waals surface area (Å²) in [7, 11) is 0. The highest BCUT2D eigenvalue weighted by molar-refractivity contribution is 5.70. The van der Waals surface area contributed by atoms with Gasteiger partial charge in [0.25, 0.3) is 0 Å². The molecule has 0 aromatic carbocycles. The van der Waals surface area contributed by atoms with Crippen LogP contribution in [0.3, 0.4) is 0 Å². The first-order valence-electron chi connectivity index (χ1n) is 7.02. The van der Waals surface area contributed by atoms with Crippen molar-refractivity contribution in [3.8, 4) is 11.3 Å². The minimum atomic E-state index is 0.387. The van der Waals surface area contributed by atoms with E-state index in [1.807, 2.05) is 17.1 Å². The van der Waals surface area contributed by atoms with E-state index in [0.717, 1.165) is 29.4 Å². The summed E-state index contributed by atoms with van der Waals surface area (Å²) in [5.74, 6) is 2.28. The van der Waals surface area contributed by atoms with Gasteiger partial charge < -0.3 is 10.3 Å². The molecule has 2 aromatic heterocycles. The Labute approximate surface area is 113 Å². The van der Waals surface area contributed by atoms with Crippen molar-refractivity contribution >= 4 is 5.82 Å². The number of aryl methyl sites for hydroxylation is 1. The van der Waals surface area contributed by atoms with E-state index in [-0.39, 0.29) is 0 Å². The van der Waals surface area contributed by atoms with Gasteiger partial charge in [-0.2, -0.15) is 5.10 Å². The average molecular weight is 259 g/mol. The molecular weight excluding hydrogens is 238 g/mol. The lowest BCUT2D eigenvalue weighted by Gasteiger charge is -2.10. The van der Waals surface area contributed by atoms with E-state index in [1.54, 1.807) is 0 Å². The molecule has 0 spiro atoms. The quantitative estimate of drug-likeness (QED) is 0.918. The summed E-state index contributed by atoms with van der Waals surface area (Å²) in [6.07, 6.45) is 6.30. The Hall–Kier alpha value is -1.78. The number of hydrogen-bond acceptors (Lipinski definition) is 3. The van der Waals surface area contributed by atoms with Gasteiger partial charge in [0.2, 0.25) is 0 Å². The fraction of sp³-hybridized carbons (Fsp3) is 0.571. The maximum atomic E-state index is 6.33. The van der Waals surface area contributed by atoms with Gasteiger partial charge in [0.15, 0.2) is 0 Å². The zero-order valence-corrected chi connectivity index (χ0v) is 11.8. The number of hydrogen-bond donors (Lipinski definition) is 1. The molecule has 1 saturated carbocycles. The normalized spacial score (nSPS) is 15.4. The minimum Gasteiger partial charge on any atom is -0.383 e. The van der Waals surface area contributed by atoms with E-state index in [0.29, 0.717) is 12.0 Å². The van der Waals surface area contributed by atoms with Crippen molar-refractivity contribution in [2.24, 2.45) is 0 Å². The molecule has 3 rings (SSSR count). The van der Waals surface area contributed by atoms with Crippen LogP contribution in [0.4, 0.5) is 5.82 Å². The highest BCUT2D eigenvalue weighted by Gasteiger charge is 2.31. The molecule has 1 aliphatic rings. The van der Waals surface area contributed by atoms with E-state index in [2.05, 4.69) is 30.4 Å². The van der Waals surface area contributed by atoms with Crippen LogP contribution in [0.1, 0.15) is 51.4 Å². The Morgan fingerprint density at radius 2 is 2.16 bits per heavy atom. The summed E-state index contributed by atoms with van der Waals surface area (Å²) < 4.78 is 4.13. The molecule has 0 aliphatic heterocycles. The number of anilines is 1. The first-order valence-corrected chi connectivity index (χ1v) is 7.02. The summed E-state index contributed by atoms with van der Waals surface area (Å²) in [6.45, 7) is 7.27. The van der Waals surface area contributed by atoms with Crippen molar-refractivity contribution in [3.05, 3.63) is 18.2 Å². The zero-order valence-electron chi connectivity index (χ0n) is 11.8. The SMILES string of the molecule is CCn1cc(-c2nc(C(C)C)n(C3CC3)c2N)cn1. The van der Waals surface area contributed by atoms with Gasteiger partial charge in [0.1, 0.15) is 17.3 Å². The van der Waals surface area contributed by atoms with Crippen molar-refractivity contribution in [1.29, 1.82) is 0 Å². The lowest BCUT2D eigenvalue weighted by atomic mass is 10.2. The van der Waals surface area contributed by atoms with Gasteiger partial charge in [-0.15, -0.1) is 0 Å². The van der Waals surface area contributed by atoms with E-state index in [1.165, 1.54) is 12.8 Å². The molecule has 0 bridgehead atoms. The fourth-order valence-corrected chi connectivity index (χ4v) is 2.46. The highest BCUT2D eigenvalue weighted by Crippen LogP contribution is 2.42. The molecule has 1 aliphatic carbocycles. The summed E-state index contributed by atoms with van der Waals surface area (Å²) >= 11 is 0. The van der Waals surface area contributed by atoms with E-state index < -0.39 is 0 Å². The van der Waals surface area contributed by atoms with Crippen molar-refractivity contribution < 1.29 is 0 Å². The Kier molecular flexibility index (Phi) is 2.84. The number of rotatable bonds is 4. The predicted octanol–water partition coefficient (Wildman–Crippen LogP) is 2.81. The Bertz CT molecular complexity index is 589. The van der Waals surface area contributed by atoms with Gasteiger partial charge in [-0.05, 0) is 19.8 Å². The highest BCUT2D eigenvalue weighted by atomic mass is 15.3. The van der Waals surface area contributed by atoms with Crippen LogP contribution in [0.2, 0.25) is 0 Å². The van der Waals surface area contributed by atoms with Gasteiger partial charge in [-0.25, -0.2) is 4.98 Å². The standard InChI is InChI=1S/C14H21N5/c1-4-18-8-10(7-16-18)12-13(15)19(11-5-6-11)14(17-12)9(2)3/h7-9,11H,4-6,15H2,1-3H3. The maximum Gasteiger partial charge on any atom is 0.132 e. The number of nitrogen functional groups attached to an aromatic ring is 1. The Balaban J connectivity index is 2.08. The van der Waals surface area contributed by atoms with Crippen molar-refractivity contribution in [2.45, 2.75) is 52.1 Å². The van der Waals surface area contributed by atoms with Crippen LogP contribution in [0.5, 0.6) is 0 Å². The molecule has 0 amide bonds. The molecule has 0 saturated heterocycles. The van der Waals surface area contributed by atoms with Gasteiger partial charge in [-0.1, -0.05) is 13.8 Å². The molecule has 102 valence electrons. The van der Waals surface area contributed by atoms with E-state index >= 15 is 0 Å². The summed E-state index contributed by atoms with van der Waals surface area (Å²) in [6, 6.07) is 0.555. The average Bonchev–Trinajstić information content (AvgIpc) is 2.99. The molecule has 0 radical (unpaired) electrons. The first kappa shape index (κ1) is 12.3. The monoisotopic (exact) mass is 259 g/mol. The smallest absolute Gasteiger partial charge is 0.132 e. The molecule has 2 heterocycles. The predicted molar refractivity (Wildman–Crippen MR) is 75.9 cm³/mol. The van der Waals surface area contributed by atoms with Crippen LogP contribution in [0, 0.1) is 0 Å². The lowest BCUT2D eigenvalue weighted by molar-refractivity contribution is 0.646. The molecule has 1 fully saturated rings. The van der Waals surface area contributed by atoms with Crippen molar-refractivity contribution in [2.75, 3.05) is 5.73 Å². The van der Waals surface area contributed by atoms with E-state index in [4.69, 9.17) is 10.7 Å². The number of imidazole rings is 1. The molecular formula is C14H21N5. The third-order valence-corrected chi connectivity index (χ3v) is 3.63. The molecule has 2 N–H and O–H groups in total. The number of nitrogens with zero attached hydrogens (tertiary/aromatic N) is 4. The van der Waals surface area contributed by atoms with Gasteiger partial charge >= 0.3 is 0 Å². The summed E-state index contributed by atoms with van der Waals surface area (Å²) in [4.78, 5) is 4.77. The maximum absolute atomic E-state index is 6.33. The second-order valence-electron chi connectivity index (χ2n) is 5.54. The number of nitrogens with two attached hydrogens (primary N) is 1. The van der Waals surface area contributed by atoms with Crippen LogP contribution in [-0.2, 0) is 6.54 Å². The van der Waals surface area contributed by atoms with Crippen molar-refractivity contribution in [3.63, 3.8) is 0 Å². The Morgan fingerprint density at radius 1 is 1.42 bits per heavy atom. The molecule has 0 unspecified atom stereocenters. The van der Waals surface area contributed by atoms with Crippen LogP contribution < -0.4 is 5.73 Å². The number of aromatic nitrogens is 4. The molecule has 5 nitrogen and oxygen atoms in total. The topological polar surface area (TPSA) is 61.7 Å². The Morgan fingerprint density at radius 3 is 2.68 bits per heavy atom. The van der Waals surface area contributed by atoms with Crippen LogP contribution in [0.25, 0.3) is 11.3 Å². The van der Waals surface area contributed by atoms with E-state index in [9.17, 15) is 0 Å². The molecule has 0 atom stereocenters. The second kappa shape index (κ2) is 4.40. The third kappa shape index (κ3) is 2.03. The van der Waals surface area contributed by atoms with Crippen LogP contribution >= 0.6 is 0 Å². The zero-order chi connectivity index (χ0) is 13.6. The lowest BCUT2D eigenvalue weighted by Crippen LogP contribution is -2.06. The van der Waals surface area contributed by atoms with Crippen LogP contribution in [-0.4, -0.2) is 19.3 Å². The molecule has 2 aromatic rings. The minimum absolute atomic E-state index is 0.387. The van der Waals surface area contributed by atoms with Gasteiger partial charge in [0, 0.05) is 30.3 Å². The van der Waals surface area contributed by atoms with Crippen LogP contribution in [0.15, 0.2) is 12.4 Å². The summed E-state index contributed by atoms with van der Waals surface area (Å²) in [5, 5.41) is 4.31. The van der Waals surface area contributed by atoms with Gasteiger partial charge in [-0.3, -0.25) is 4.68 Å². The largest absolute Gasteiger partial charge is 0.383 e. The molecule has 19 heavy (non-hydrogen) atoms. The van der Waals surface area contributed by atoms with Gasteiger partial charge in [0.05, 0.1) is 6.20 Å². The summed E-state index contributed by atoms with van der Waals surface area (Å²) in [5.41, 5.74) is 8.23. The fourth-order valence-electron chi connectivity index (χ4n) is 2.46.